The number of fused-ring (bicyclic) bond motifs is 1. The molecule has 2 aromatic carbocycles. The number of benzene rings is 2. The fourth-order valence-electron chi connectivity index (χ4n) is 5.35. The summed E-state index contributed by atoms with van der Waals surface area (Å²) in [4.78, 5) is 28.7. The predicted molar refractivity (Wildman–Crippen MR) is 130 cm³/mol. The van der Waals surface area contributed by atoms with Gasteiger partial charge >= 0.3 is 0 Å². The standard InChI is InChI=1S/C28H31N3O3/c1-28(2)16-23-25(24(32)17-28)26(29-31(23)18-19-8-5-4-6-9-19)22-10-7-15-30(22)27(33)20-11-13-21(34-3)14-12-20/h4-6,8-9,11-14,22H,7,10,15-18H2,1-3H3/t22-/m0/s1. The monoisotopic (exact) mass is 457 g/mol. The molecule has 1 amide bonds. The molecule has 1 aliphatic carbocycles. The first-order valence-corrected chi connectivity index (χ1v) is 12.0. The molecule has 34 heavy (non-hydrogen) atoms. The maximum atomic E-state index is 13.4. The highest BCUT2D eigenvalue weighted by Gasteiger charge is 2.41. The third-order valence-corrected chi connectivity index (χ3v) is 6.99. The van der Waals surface area contributed by atoms with E-state index in [1.165, 1.54) is 0 Å². The molecule has 0 N–H and O–H groups in total. The second-order valence-corrected chi connectivity index (χ2v) is 10.2. The van der Waals surface area contributed by atoms with Gasteiger partial charge in [-0.1, -0.05) is 44.2 Å². The van der Waals surface area contributed by atoms with Crippen molar-refractivity contribution in [3.05, 3.63) is 82.7 Å². The number of aromatic nitrogens is 2. The normalized spacial score (nSPS) is 19.2. The highest BCUT2D eigenvalue weighted by atomic mass is 16.5. The van der Waals surface area contributed by atoms with Crippen LogP contribution in [0.1, 0.15) is 76.8 Å². The van der Waals surface area contributed by atoms with Crippen LogP contribution in [0.5, 0.6) is 5.75 Å². The zero-order valence-electron chi connectivity index (χ0n) is 20.1. The van der Waals surface area contributed by atoms with Gasteiger partial charge in [-0.15, -0.1) is 0 Å². The van der Waals surface area contributed by atoms with Crippen molar-refractivity contribution in [2.24, 2.45) is 5.41 Å². The zero-order chi connectivity index (χ0) is 23.9. The summed E-state index contributed by atoms with van der Waals surface area (Å²) in [7, 11) is 1.61. The van der Waals surface area contributed by atoms with Gasteiger partial charge in [-0.05, 0) is 54.5 Å². The average Bonchev–Trinajstić information content (AvgIpc) is 3.44. The number of hydrogen-bond acceptors (Lipinski definition) is 4. The Bertz CT molecular complexity index is 1210. The van der Waals surface area contributed by atoms with Gasteiger partial charge in [-0.2, -0.15) is 5.10 Å². The first-order valence-electron chi connectivity index (χ1n) is 12.0. The second kappa shape index (κ2) is 8.75. The smallest absolute Gasteiger partial charge is 0.254 e. The van der Waals surface area contributed by atoms with E-state index in [9.17, 15) is 9.59 Å². The summed E-state index contributed by atoms with van der Waals surface area (Å²) in [5, 5.41) is 5.02. The van der Waals surface area contributed by atoms with E-state index in [-0.39, 0.29) is 23.1 Å². The van der Waals surface area contributed by atoms with E-state index in [1.807, 2.05) is 27.8 Å². The molecule has 0 bridgehead atoms. The number of ketones is 1. The van der Waals surface area contributed by atoms with Crippen molar-refractivity contribution in [1.29, 1.82) is 0 Å². The van der Waals surface area contributed by atoms with Gasteiger partial charge in [0.25, 0.3) is 5.91 Å². The maximum Gasteiger partial charge on any atom is 0.254 e. The molecule has 1 aromatic heterocycles. The molecule has 0 unspecified atom stereocenters. The summed E-state index contributed by atoms with van der Waals surface area (Å²) in [5.41, 5.74) is 4.18. The molecular formula is C28H31N3O3. The molecule has 2 aliphatic rings. The molecule has 1 fully saturated rings. The van der Waals surface area contributed by atoms with Gasteiger partial charge in [-0.25, -0.2) is 0 Å². The number of carbonyl (C=O) groups excluding carboxylic acids is 2. The zero-order valence-corrected chi connectivity index (χ0v) is 20.1. The fourth-order valence-corrected chi connectivity index (χ4v) is 5.35. The number of rotatable bonds is 5. The summed E-state index contributed by atoms with van der Waals surface area (Å²) < 4.78 is 7.24. The fraction of sp³-hybridized carbons (Fsp3) is 0.393. The Balaban J connectivity index is 1.53. The lowest BCUT2D eigenvalue weighted by molar-refractivity contribution is 0.0728. The first kappa shape index (κ1) is 22.4. The largest absolute Gasteiger partial charge is 0.497 e. The Morgan fingerprint density at radius 1 is 1.09 bits per heavy atom. The van der Waals surface area contributed by atoms with Crippen LogP contribution in [0.3, 0.4) is 0 Å². The van der Waals surface area contributed by atoms with Gasteiger partial charge in [0.15, 0.2) is 5.78 Å². The van der Waals surface area contributed by atoms with E-state index in [1.54, 1.807) is 31.4 Å². The third kappa shape index (κ3) is 4.13. The summed E-state index contributed by atoms with van der Waals surface area (Å²) in [6, 6.07) is 17.2. The van der Waals surface area contributed by atoms with Crippen molar-refractivity contribution in [2.45, 2.75) is 52.1 Å². The minimum atomic E-state index is -0.189. The van der Waals surface area contributed by atoms with Crippen molar-refractivity contribution in [3.63, 3.8) is 0 Å². The van der Waals surface area contributed by atoms with Gasteiger partial charge in [0.2, 0.25) is 0 Å². The minimum absolute atomic E-state index is 0.0277. The summed E-state index contributed by atoms with van der Waals surface area (Å²) in [6.45, 7) is 5.56. The molecule has 6 heteroatoms. The molecular weight excluding hydrogens is 426 g/mol. The lowest BCUT2D eigenvalue weighted by atomic mass is 9.75. The molecule has 6 nitrogen and oxygen atoms in total. The lowest BCUT2D eigenvalue weighted by Crippen LogP contribution is -2.32. The molecule has 176 valence electrons. The average molecular weight is 458 g/mol. The van der Waals surface area contributed by atoms with Gasteiger partial charge in [-0.3, -0.25) is 14.3 Å². The van der Waals surface area contributed by atoms with E-state index in [0.29, 0.717) is 25.1 Å². The van der Waals surface area contributed by atoms with E-state index in [2.05, 4.69) is 26.0 Å². The molecule has 3 aromatic rings. The minimum Gasteiger partial charge on any atom is -0.497 e. The molecule has 0 saturated carbocycles. The topological polar surface area (TPSA) is 64.4 Å². The number of hydrogen-bond donors (Lipinski definition) is 0. The SMILES string of the molecule is COc1ccc(C(=O)N2CCC[C@H]2c2nn(Cc3ccccc3)c3c2C(=O)CC(C)(C)C3)cc1. The first-order chi connectivity index (χ1) is 16.4. The van der Waals surface area contributed by atoms with Crippen LogP contribution in [0.15, 0.2) is 54.6 Å². The van der Waals surface area contributed by atoms with Crippen LogP contribution in [0.4, 0.5) is 0 Å². The predicted octanol–water partition coefficient (Wildman–Crippen LogP) is 5.07. The molecule has 1 atom stereocenters. The Morgan fingerprint density at radius 2 is 1.82 bits per heavy atom. The maximum absolute atomic E-state index is 13.4. The van der Waals surface area contributed by atoms with Crippen LogP contribution in [0.2, 0.25) is 0 Å². The Labute approximate surface area is 200 Å². The number of carbonyl (C=O) groups is 2. The van der Waals surface area contributed by atoms with Crippen LogP contribution in [-0.4, -0.2) is 40.0 Å². The molecule has 1 aliphatic heterocycles. The Kier molecular flexibility index (Phi) is 5.76. The van der Waals surface area contributed by atoms with Crippen molar-refractivity contribution < 1.29 is 14.3 Å². The molecule has 1 saturated heterocycles. The quantitative estimate of drug-likeness (QED) is 0.536. The summed E-state index contributed by atoms with van der Waals surface area (Å²) in [5.74, 6) is 0.834. The molecule has 0 radical (unpaired) electrons. The number of Topliss-reactive ketones (excluding diaryl/α,β-unsaturated/α-hetero) is 1. The summed E-state index contributed by atoms with van der Waals surface area (Å²) >= 11 is 0. The summed E-state index contributed by atoms with van der Waals surface area (Å²) in [6.07, 6.45) is 3.01. The van der Waals surface area contributed by atoms with E-state index in [4.69, 9.17) is 9.84 Å². The van der Waals surface area contributed by atoms with Crippen molar-refractivity contribution >= 4 is 11.7 Å². The van der Waals surface area contributed by atoms with Crippen LogP contribution in [-0.2, 0) is 13.0 Å². The highest BCUT2D eigenvalue weighted by Crippen LogP contribution is 2.41. The second-order valence-electron chi connectivity index (χ2n) is 10.2. The van der Waals surface area contributed by atoms with E-state index in [0.717, 1.165) is 47.5 Å². The molecule has 0 spiro atoms. The van der Waals surface area contributed by atoms with Crippen LogP contribution in [0.25, 0.3) is 0 Å². The number of ether oxygens (including phenoxy) is 1. The Morgan fingerprint density at radius 3 is 2.53 bits per heavy atom. The number of nitrogens with zero attached hydrogens (tertiary/aromatic N) is 3. The van der Waals surface area contributed by atoms with Crippen molar-refractivity contribution in [3.8, 4) is 5.75 Å². The van der Waals surface area contributed by atoms with Gasteiger partial charge < -0.3 is 9.64 Å². The number of amides is 1. The van der Waals surface area contributed by atoms with Crippen LogP contribution in [0, 0.1) is 5.41 Å². The molecule has 2 heterocycles. The van der Waals surface area contributed by atoms with Gasteiger partial charge in [0.05, 0.1) is 36.6 Å². The van der Waals surface area contributed by atoms with E-state index >= 15 is 0 Å². The lowest BCUT2D eigenvalue weighted by Gasteiger charge is -2.30. The number of likely N-dealkylation sites (tertiary alicyclic amines) is 1. The van der Waals surface area contributed by atoms with Crippen LogP contribution < -0.4 is 4.74 Å². The van der Waals surface area contributed by atoms with Crippen molar-refractivity contribution in [2.75, 3.05) is 13.7 Å². The van der Waals surface area contributed by atoms with Crippen molar-refractivity contribution in [1.82, 2.24) is 14.7 Å². The van der Waals surface area contributed by atoms with Gasteiger partial charge in [0.1, 0.15) is 5.75 Å². The third-order valence-electron chi connectivity index (χ3n) is 6.99. The van der Waals surface area contributed by atoms with Crippen LogP contribution >= 0.6 is 0 Å². The highest BCUT2D eigenvalue weighted by molar-refractivity contribution is 6.00. The van der Waals surface area contributed by atoms with Gasteiger partial charge in [0, 0.05) is 18.5 Å². The van der Waals surface area contributed by atoms with E-state index < -0.39 is 0 Å². The molecule has 5 rings (SSSR count). The Hall–Kier alpha value is -3.41. The number of methoxy groups -OCH3 is 1.